The van der Waals surface area contributed by atoms with Crippen LogP contribution in [0.5, 0.6) is 0 Å². The monoisotopic (exact) mass is 322 g/mol. The summed E-state index contributed by atoms with van der Waals surface area (Å²) in [6.07, 6.45) is 2.25. The minimum Gasteiger partial charge on any atom is -0.349 e. The first-order valence-corrected chi connectivity index (χ1v) is 8.68. The molecule has 2 aliphatic rings. The number of piperidine rings is 1. The van der Waals surface area contributed by atoms with E-state index in [9.17, 15) is 9.59 Å². The Labute approximate surface area is 134 Å². The van der Waals surface area contributed by atoms with E-state index in [1.165, 1.54) is 11.3 Å². The summed E-state index contributed by atoms with van der Waals surface area (Å²) in [7, 11) is 0. The van der Waals surface area contributed by atoms with Gasteiger partial charge in [0.2, 0.25) is 5.91 Å². The van der Waals surface area contributed by atoms with Crippen molar-refractivity contribution in [1.82, 2.24) is 20.9 Å². The Balaban J connectivity index is 1.48. The molecule has 2 fully saturated rings. The van der Waals surface area contributed by atoms with Crippen LogP contribution in [0.4, 0.5) is 0 Å². The van der Waals surface area contributed by atoms with Crippen molar-refractivity contribution in [2.45, 2.75) is 44.6 Å². The summed E-state index contributed by atoms with van der Waals surface area (Å²) in [4.78, 5) is 25.9. The number of carbonyl (C=O) groups excluding carboxylic acids is 2. The van der Waals surface area contributed by atoms with E-state index in [4.69, 9.17) is 0 Å². The second-order valence-electron chi connectivity index (χ2n) is 6.04. The summed E-state index contributed by atoms with van der Waals surface area (Å²) >= 11 is 1.53. The third-order valence-electron chi connectivity index (χ3n) is 4.24. The number of rotatable bonds is 3. The van der Waals surface area contributed by atoms with Gasteiger partial charge in [-0.15, -0.1) is 0 Å². The molecule has 0 bridgehead atoms. The van der Waals surface area contributed by atoms with E-state index < -0.39 is 0 Å². The summed E-state index contributed by atoms with van der Waals surface area (Å²) in [5.41, 5.74) is 0.738. The fourth-order valence-electron chi connectivity index (χ4n) is 3.02. The fourth-order valence-corrected chi connectivity index (χ4v) is 3.66. The number of nitrogens with zero attached hydrogens (tertiary/aromatic N) is 1. The summed E-state index contributed by atoms with van der Waals surface area (Å²) in [6, 6.07) is 2.26. The molecule has 0 aromatic carbocycles. The minimum absolute atomic E-state index is 0.0115. The Hall–Kier alpha value is -1.44. The molecule has 0 radical (unpaired) electrons. The Morgan fingerprint density at radius 1 is 1.41 bits per heavy atom. The summed E-state index contributed by atoms with van der Waals surface area (Å²) in [5.74, 6) is 0.113. The third-order valence-corrected chi connectivity index (χ3v) is 4.93. The molecule has 2 saturated heterocycles. The molecule has 2 unspecified atom stereocenters. The van der Waals surface area contributed by atoms with Crippen molar-refractivity contribution in [3.05, 3.63) is 22.4 Å². The van der Waals surface area contributed by atoms with Gasteiger partial charge in [-0.3, -0.25) is 19.8 Å². The molecular formula is C15H22N4O2S. The van der Waals surface area contributed by atoms with Crippen molar-refractivity contribution in [2.75, 3.05) is 13.1 Å². The first kappa shape index (κ1) is 15.5. The zero-order valence-corrected chi connectivity index (χ0v) is 13.5. The molecule has 2 aliphatic heterocycles. The van der Waals surface area contributed by atoms with Crippen molar-refractivity contribution >= 4 is 23.2 Å². The molecule has 1 aromatic heterocycles. The highest BCUT2D eigenvalue weighted by molar-refractivity contribution is 7.08. The number of hydrogen-bond donors (Lipinski definition) is 3. The van der Waals surface area contributed by atoms with Gasteiger partial charge in [0, 0.05) is 42.5 Å². The molecule has 3 rings (SSSR count). The van der Waals surface area contributed by atoms with E-state index in [2.05, 4.69) is 20.9 Å². The average molecular weight is 322 g/mol. The number of amides is 2. The molecule has 0 saturated carbocycles. The van der Waals surface area contributed by atoms with E-state index in [1.807, 2.05) is 23.8 Å². The quantitative estimate of drug-likeness (QED) is 0.767. The first-order valence-electron chi connectivity index (χ1n) is 7.74. The zero-order chi connectivity index (χ0) is 15.5. The smallest absolute Gasteiger partial charge is 0.252 e. The maximum absolute atomic E-state index is 12.1. The Morgan fingerprint density at radius 2 is 2.18 bits per heavy atom. The van der Waals surface area contributed by atoms with E-state index in [1.54, 1.807) is 0 Å². The van der Waals surface area contributed by atoms with Crippen molar-refractivity contribution in [3.63, 3.8) is 0 Å². The number of thiophene rings is 1. The first-order chi connectivity index (χ1) is 10.6. The van der Waals surface area contributed by atoms with Crippen molar-refractivity contribution in [3.8, 4) is 0 Å². The largest absolute Gasteiger partial charge is 0.349 e. The zero-order valence-electron chi connectivity index (χ0n) is 12.7. The van der Waals surface area contributed by atoms with Gasteiger partial charge in [0.15, 0.2) is 0 Å². The van der Waals surface area contributed by atoms with E-state index in [0.29, 0.717) is 6.42 Å². The van der Waals surface area contributed by atoms with Crippen LogP contribution in [0, 0.1) is 0 Å². The van der Waals surface area contributed by atoms with Crippen LogP contribution in [0.25, 0.3) is 0 Å². The molecule has 0 aliphatic carbocycles. The summed E-state index contributed by atoms with van der Waals surface area (Å²) in [5, 5.41) is 13.3. The molecule has 3 N–H and O–H groups in total. The Bertz CT molecular complexity index is 526. The molecule has 120 valence electrons. The van der Waals surface area contributed by atoms with E-state index >= 15 is 0 Å². The maximum Gasteiger partial charge on any atom is 0.252 e. The van der Waals surface area contributed by atoms with Crippen LogP contribution in [0.2, 0.25) is 0 Å². The highest BCUT2D eigenvalue weighted by atomic mass is 32.1. The van der Waals surface area contributed by atoms with Gasteiger partial charge in [0.05, 0.1) is 0 Å². The van der Waals surface area contributed by atoms with E-state index in [-0.39, 0.29) is 30.2 Å². The highest BCUT2D eigenvalue weighted by Gasteiger charge is 2.30. The van der Waals surface area contributed by atoms with Crippen LogP contribution in [0.3, 0.4) is 0 Å². The lowest BCUT2D eigenvalue weighted by Gasteiger charge is -2.41. The summed E-state index contributed by atoms with van der Waals surface area (Å²) < 4.78 is 0. The number of hydrogen-bond acceptors (Lipinski definition) is 5. The van der Waals surface area contributed by atoms with Crippen molar-refractivity contribution < 1.29 is 9.59 Å². The fraction of sp³-hybridized carbons (Fsp3) is 0.600. The van der Waals surface area contributed by atoms with Crippen LogP contribution in [0.15, 0.2) is 16.8 Å². The van der Waals surface area contributed by atoms with Gasteiger partial charge in [-0.25, -0.2) is 0 Å². The van der Waals surface area contributed by atoms with Crippen molar-refractivity contribution in [2.24, 2.45) is 0 Å². The lowest BCUT2D eigenvalue weighted by Crippen LogP contribution is -2.65. The second-order valence-corrected chi connectivity index (χ2v) is 6.82. The predicted octanol–water partition coefficient (Wildman–Crippen LogP) is 0.724. The van der Waals surface area contributed by atoms with Gasteiger partial charge in [-0.05, 0) is 31.2 Å². The average Bonchev–Trinajstić information content (AvgIpc) is 3.01. The van der Waals surface area contributed by atoms with Crippen LogP contribution in [-0.4, -0.2) is 48.2 Å². The normalized spacial score (nSPS) is 27.4. The van der Waals surface area contributed by atoms with Crippen LogP contribution in [0.1, 0.15) is 36.5 Å². The standard InChI is InChI=1S/C15H22N4O2S/c1-10-8-13(20)18-15(16-10)19-5-2-12(3-6-19)17-14(21)11-4-7-22-9-11/h4,7,9-10,12,15-16H,2-3,5-6,8H2,1H3,(H,17,21)(H,18,20). The maximum atomic E-state index is 12.1. The summed E-state index contributed by atoms with van der Waals surface area (Å²) in [6.45, 7) is 3.75. The molecule has 7 heteroatoms. The number of carbonyl (C=O) groups is 2. The topological polar surface area (TPSA) is 73.5 Å². The third kappa shape index (κ3) is 3.66. The minimum atomic E-state index is -0.0789. The van der Waals surface area contributed by atoms with Gasteiger partial charge in [0.1, 0.15) is 6.29 Å². The van der Waals surface area contributed by atoms with Crippen LogP contribution < -0.4 is 16.0 Å². The van der Waals surface area contributed by atoms with Crippen LogP contribution >= 0.6 is 11.3 Å². The van der Waals surface area contributed by atoms with Crippen LogP contribution in [-0.2, 0) is 4.79 Å². The highest BCUT2D eigenvalue weighted by Crippen LogP contribution is 2.15. The molecule has 22 heavy (non-hydrogen) atoms. The van der Waals surface area contributed by atoms with Gasteiger partial charge in [-0.2, -0.15) is 11.3 Å². The molecule has 1 aromatic rings. The van der Waals surface area contributed by atoms with Gasteiger partial charge >= 0.3 is 0 Å². The lowest BCUT2D eigenvalue weighted by molar-refractivity contribution is -0.127. The van der Waals surface area contributed by atoms with Gasteiger partial charge in [-0.1, -0.05) is 0 Å². The lowest BCUT2D eigenvalue weighted by atomic mass is 10.0. The molecular weight excluding hydrogens is 300 g/mol. The Kier molecular flexibility index (Phi) is 4.75. The van der Waals surface area contributed by atoms with Gasteiger partial charge < -0.3 is 10.6 Å². The molecule has 3 heterocycles. The van der Waals surface area contributed by atoms with E-state index in [0.717, 1.165) is 31.5 Å². The predicted molar refractivity (Wildman–Crippen MR) is 85.5 cm³/mol. The molecule has 2 amide bonds. The number of likely N-dealkylation sites (tertiary alicyclic amines) is 1. The Morgan fingerprint density at radius 3 is 2.82 bits per heavy atom. The molecule has 0 spiro atoms. The SMILES string of the molecule is CC1CC(=O)NC(N2CCC(NC(=O)c3ccsc3)CC2)N1. The molecule has 2 atom stereocenters. The number of nitrogens with one attached hydrogen (secondary N) is 3. The molecule has 6 nitrogen and oxygen atoms in total. The van der Waals surface area contributed by atoms with Crippen molar-refractivity contribution in [1.29, 1.82) is 0 Å². The van der Waals surface area contributed by atoms with Gasteiger partial charge in [0.25, 0.3) is 5.91 Å². The second kappa shape index (κ2) is 6.76.